The van der Waals surface area contributed by atoms with Crippen molar-refractivity contribution in [3.05, 3.63) is 30.1 Å². The summed E-state index contributed by atoms with van der Waals surface area (Å²) < 4.78 is 0. The highest BCUT2D eigenvalue weighted by molar-refractivity contribution is 5.86. The van der Waals surface area contributed by atoms with Gasteiger partial charge in [0.05, 0.1) is 11.8 Å². The Morgan fingerprint density at radius 1 is 1.20 bits per heavy atom. The third-order valence-electron chi connectivity index (χ3n) is 6.29. The van der Waals surface area contributed by atoms with E-state index in [4.69, 9.17) is 0 Å². The molecule has 5 nitrogen and oxygen atoms in total. The molecule has 3 fully saturated rings. The van der Waals surface area contributed by atoms with E-state index in [0.29, 0.717) is 31.3 Å². The van der Waals surface area contributed by atoms with Crippen LogP contribution in [0.25, 0.3) is 0 Å². The maximum absolute atomic E-state index is 13.1. The molecule has 0 radical (unpaired) electrons. The highest BCUT2D eigenvalue weighted by Gasteiger charge is 2.49. The van der Waals surface area contributed by atoms with Crippen molar-refractivity contribution in [1.82, 2.24) is 14.8 Å². The van der Waals surface area contributed by atoms with Gasteiger partial charge >= 0.3 is 0 Å². The van der Waals surface area contributed by atoms with Crippen LogP contribution in [0.2, 0.25) is 0 Å². The molecule has 25 heavy (non-hydrogen) atoms. The normalized spacial score (nSPS) is 27.0. The molecule has 5 heteroatoms. The van der Waals surface area contributed by atoms with Gasteiger partial charge in [0.25, 0.3) is 0 Å². The van der Waals surface area contributed by atoms with Crippen LogP contribution in [0.3, 0.4) is 0 Å². The minimum absolute atomic E-state index is 0.0968. The smallest absolute Gasteiger partial charge is 0.230 e. The van der Waals surface area contributed by atoms with Gasteiger partial charge in [0, 0.05) is 38.1 Å². The number of hydrogen-bond acceptors (Lipinski definition) is 3. The molecule has 3 aliphatic rings. The average Bonchev–Trinajstić information content (AvgIpc) is 3.01. The molecule has 2 saturated heterocycles. The molecule has 0 aromatic carbocycles. The molecular formula is C20H27N3O2. The topological polar surface area (TPSA) is 53.5 Å². The molecular weight excluding hydrogens is 314 g/mol. The van der Waals surface area contributed by atoms with Crippen LogP contribution in [0, 0.1) is 11.3 Å². The third-order valence-corrected chi connectivity index (χ3v) is 6.29. The Balaban J connectivity index is 1.39. The number of likely N-dealkylation sites (tertiary alicyclic amines) is 2. The van der Waals surface area contributed by atoms with E-state index in [-0.39, 0.29) is 11.3 Å². The monoisotopic (exact) mass is 341 g/mol. The van der Waals surface area contributed by atoms with Crippen LogP contribution in [0.5, 0.6) is 0 Å². The molecule has 1 spiro atoms. The first-order chi connectivity index (χ1) is 12.2. The van der Waals surface area contributed by atoms with Crippen molar-refractivity contribution < 1.29 is 9.59 Å². The molecule has 0 bridgehead atoms. The van der Waals surface area contributed by atoms with Crippen molar-refractivity contribution in [2.45, 2.75) is 44.9 Å². The maximum atomic E-state index is 13.1. The van der Waals surface area contributed by atoms with Crippen LogP contribution in [-0.4, -0.2) is 52.8 Å². The number of nitrogens with zero attached hydrogens (tertiary/aromatic N) is 3. The molecule has 1 atom stereocenters. The van der Waals surface area contributed by atoms with Gasteiger partial charge in [-0.05, 0) is 50.2 Å². The second-order valence-electron chi connectivity index (χ2n) is 8.00. The molecule has 1 saturated carbocycles. The first-order valence-electron chi connectivity index (χ1n) is 9.63. The standard InChI is InChI=1S/C20H27N3O2/c24-18(13-17-7-1-2-10-21-17)23-12-9-20(15-23)8-4-11-22(19(20)25)14-16-5-3-6-16/h1-2,7,10,16H,3-6,8-9,11-15H2. The van der Waals surface area contributed by atoms with Gasteiger partial charge in [0.15, 0.2) is 0 Å². The van der Waals surface area contributed by atoms with Crippen LogP contribution in [-0.2, 0) is 16.0 Å². The molecule has 1 unspecified atom stereocenters. The number of pyridine rings is 1. The highest BCUT2D eigenvalue weighted by atomic mass is 16.2. The number of piperidine rings is 1. The van der Waals surface area contributed by atoms with Crippen LogP contribution < -0.4 is 0 Å². The minimum atomic E-state index is -0.318. The number of amides is 2. The predicted octanol–water partition coefficient (Wildman–Crippen LogP) is 2.27. The maximum Gasteiger partial charge on any atom is 0.230 e. The van der Waals surface area contributed by atoms with E-state index in [0.717, 1.165) is 38.0 Å². The van der Waals surface area contributed by atoms with Crippen molar-refractivity contribution in [2.24, 2.45) is 11.3 Å². The van der Waals surface area contributed by atoms with E-state index in [2.05, 4.69) is 9.88 Å². The summed E-state index contributed by atoms with van der Waals surface area (Å²) in [5.74, 6) is 1.11. The zero-order chi connectivity index (χ0) is 17.3. The highest BCUT2D eigenvalue weighted by Crippen LogP contribution is 2.41. The largest absolute Gasteiger partial charge is 0.342 e. The van der Waals surface area contributed by atoms with Crippen molar-refractivity contribution in [3.63, 3.8) is 0 Å². The first kappa shape index (κ1) is 16.6. The summed E-state index contributed by atoms with van der Waals surface area (Å²) in [6.45, 7) is 3.13. The number of aromatic nitrogens is 1. The van der Waals surface area contributed by atoms with Gasteiger partial charge in [0.2, 0.25) is 11.8 Å². The second kappa shape index (κ2) is 6.77. The molecule has 134 valence electrons. The number of carbonyl (C=O) groups excluding carboxylic acids is 2. The van der Waals surface area contributed by atoms with E-state index in [1.54, 1.807) is 6.20 Å². The van der Waals surface area contributed by atoms with E-state index < -0.39 is 0 Å². The van der Waals surface area contributed by atoms with Crippen LogP contribution >= 0.6 is 0 Å². The van der Waals surface area contributed by atoms with Gasteiger partial charge < -0.3 is 9.80 Å². The Morgan fingerprint density at radius 2 is 2.08 bits per heavy atom. The molecule has 2 aliphatic heterocycles. The van der Waals surface area contributed by atoms with E-state index in [1.165, 1.54) is 19.3 Å². The summed E-state index contributed by atoms with van der Waals surface area (Å²) >= 11 is 0. The lowest BCUT2D eigenvalue weighted by atomic mass is 9.77. The molecule has 1 aromatic rings. The lowest BCUT2D eigenvalue weighted by Crippen LogP contribution is -2.52. The van der Waals surface area contributed by atoms with Gasteiger partial charge in [0.1, 0.15) is 0 Å². The van der Waals surface area contributed by atoms with Crippen LogP contribution in [0.4, 0.5) is 0 Å². The Kier molecular flexibility index (Phi) is 4.48. The number of carbonyl (C=O) groups is 2. The predicted molar refractivity (Wildman–Crippen MR) is 94.7 cm³/mol. The van der Waals surface area contributed by atoms with Crippen molar-refractivity contribution >= 4 is 11.8 Å². The molecule has 1 aliphatic carbocycles. The molecule has 4 rings (SSSR count). The summed E-state index contributed by atoms with van der Waals surface area (Å²) in [7, 11) is 0. The molecule has 2 amide bonds. The summed E-state index contributed by atoms with van der Waals surface area (Å²) in [5, 5.41) is 0. The second-order valence-corrected chi connectivity index (χ2v) is 8.00. The molecule has 3 heterocycles. The Hall–Kier alpha value is -1.91. The van der Waals surface area contributed by atoms with Gasteiger partial charge in [-0.3, -0.25) is 14.6 Å². The quantitative estimate of drug-likeness (QED) is 0.844. The SMILES string of the molecule is O=C(Cc1ccccn1)N1CCC2(CCCN(CC3CCC3)C2=O)C1. The Labute approximate surface area is 149 Å². The number of hydrogen-bond donors (Lipinski definition) is 0. The summed E-state index contributed by atoms with van der Waals surface area (Å²) in [4.78, 5) is 34.0. The Morgan fingerprint density at radius 3 is 2.80 bits per heavy atom. The fourth-order valence-electron chi connectivity index (χ4n) is 4.55. The van der Waals surface area contributed by atoms with Gasteiger partial charge in [-0.25, -0.2) is 0 Å². The van der Waals surface area contributed by atoms with Crippen LogP contribution in [0.1, 0.15) is 44.2 Å². The average molecular weight is 341 g/mol. The number of rotatable bonds is 4. The van der Waals surface area contributed by atoms with Gasteiger partial charge in [-0.1, -0.05) is 12.5 Å². The van der Waals surface area contributed by atoms with Gasteiger partial charge in [-0.2, -0.15) is 0 Å². The fraction of sp³-hybridized carbons (Fsp3) is 0.650. The third kappa shape index (κ3) is 3.29. The molecule has 0 N–H and O–H groups in total. The lowest BCUT2D eigenvalue weighted by Gasteiger charge is -2.42. The van der Waals surface area contributed by atoms with Gasteiger partial charge in [-0.15, -0.1) is 0 Å². The van der Waals surface area contributed by atoms with E-state index in [1.807, 2.05) is 23.1 Å². The zero-order valence-electron chi connectivity index (χ0n) is 14.8. The summed E-state index contributed by atoms with van der Waals surface area (Å²) in [6.07, 6.45) is 8.72. The summed E-state index contributed by atoms with van der Waals surface area (Å²) in [5.41, 5.74) is 0.483. The van der Waals surface area contributed by atoms with Crippen molar-refractivity contribution in [3.8, 4) is 0 Å². The Bertz CT molecular complexity index is 644. The zero-order valence-corrected chi connectivity index (χ0v) is 14.8. The van der Waals surface area contributed by atoms with E-state index in [9.17, 15) is 9.59 Å². The van der Waals surface area contributed by atoms with Crippen molar-refractivity contribution in [1.29, 1.82) is 0 Å². The van der Waals surface area contributed by atoms with Crippen LogP contribution in [0.15, 0.2) is 24.4 Å². The van der Waals surface area contributed by atoms with Crippen molar-refractivity contribution in [2.75, 3.05) is 26.2 Å². The fourth-order valence-corrected chi connectivity index (χ4v) is 4.55. The molecule has 1 aromatic heterocycles. The minimum Gasteiger partial charge on any atom is -0.342 e. The first-order valence-corrected chi connectivity index (χ1v) is 9.63. The summed E-state index contributed by atoms with van der Waals surface area (Å²) in [6, 6.07) is 5.65. The van der Waals surface area contributed by atoms with E-state index >= 15 is 0 Å². The lowest BCUT2D eigenvalue weighted by molar-refractivity contribution is -0.147.